The van der Waals surface area contributed by atoms with Gasteiger partial charge in [0, 0.05) is 19.3 Å². The fraction of sp³-hybridized carbons (Fsp3) is 1.00. The van der Waals surface area contributed by atoms with Crippen LogP contribution in [0.15, 0.2) is 0 Å². The van der Waals surface area contributed by atoms with Crippen molar-refractivity contribution in [1.82, 2.24) is 5.32 Å². The molecule has 13 heavy (non-hydrogen) atoms. The lowest BCUT2D eigenvalue weighted by Crippen LogP contribution is -2.40. The second kappa shape index (κ2) is 4.43. The summed E-state index contributed by atoms with van der Waals surface area (Å²) in [6, 6.07) is 0.800. The predicted octanol–water partition coefficient (Wildman–Crippen LogP) is 1.80. The maximum Gasteiger partial charge on any atom is 0.0469 e. The van der Waals surface area contributed by atoms with Gasteiger partial charge in [-0.25, -0.2) is 0 Å². The number of ether oxygens (including phenoxy) is 1. The summed E-state index contributed by atoms with van der Waals surface area (Å²) in [4.78, 5) is 0. The van der Waals surface area contributed by atoms with E-state index in [0.717, 1.165) is 37.6 Å². The Labute approximate surface area is 81.0 Å². The van der Waals surface area contributed by atoms with E-state index in [9.17, 15) is 0 Å². The van der Waals surface area contributed by atoms with Crippen LogP contribution >= 0.6 is 0 Å². The van der Waals surface area contributed by atoms with Crippen LogP contribution in [-0.2, 0) is 4.74 Å². The van der Waals surface area contributed by atoms with E-state index in [4.69, 9.17) is 4.74 Å². The minimum Gasteiger partial charge on any atom is -0.381 e. The number of hydrogen-bond donors (Lipinski definition) is 1. The molecule has 0 amide bonds. The maximum absolute atomic E-state index is 5.40. The molecule has 0 aromatic heterocycles. The first-order chi connectivity index (χ1) is 6.42. The van der Waals surface area contributed by atoms with Crippen LogP contribution in [0.3, 0.4) is 0 Å². The standard InChI is InChI=1S/C11H21NO/c1-2-12-11(9-3-4-9)10-5-7-13-8-6-10/h9-12H,2-8H2,1H3. The first-order valence-corrected chi connectivity index (χ1v) is 5.73. The molecule has 2 rings (SSSR count). The van der Waals surface area contributed by atoms with Crippen LogP contribution in [0.4, 0.5) is 0 Å². The van der Waals surface area contributed by atoms with Gasteiger partial charge in [-0.15, -0.1) is 0 Å². The van der Waals surface area contributed by atoms with Gasteiger partial charge >= 0.3 is 0 Å². The largest absolute Gasteiger partial charge is 0.381 e. The monoisotopic (exact) mass is 183 g/mol. The van der Waals surface area contributed by atoms with Gasteiger partial charge in [0.1, 0.15) is 0 Å². The maximum atomic E-state index is 5.40. The Morgan fingerprint density at radius 2 is 1.77 bits per heavy atom. The van der Waals surface area contributed by atoms with Crippen LogP contribution in [0.2, 0.25) is 0 Å². The lowest BCUT2D eigenvalue weighted by Gasteiger charge is -2.31. The first kappa shape index (κ1) is 9.47. The summed E-state index contributed by atoms with van der Waals surface area (Å²) in [7, 11) is 0. The van der Waals surface area contributed by atoms with Crippen molar-refractivity contribution in [3.8, 4) is 0 Å². The smallest absolute Gasteiger partial charge is 0.0469 e. The van der Waals surface area contributed by atoms with Crippen LogP contribution in [0.5, 0.6) is 0 Å². The summed E-state index contributed by atoms with van der Waals surface area (Å²) in [6.07, 6.45) is 5.45. The second-order valence-electron chi connectivity index (χ2n) is 4.37. The van der Waals surface area contributed by atoms with Gasteiger partial charge in [-0.05, 0) is 44.1 Å². The molecular weight excluding hydrogens is 162 g/mol. The second-order valence-corrected chi connectivity index (χ2v) is 4.37. The molecule has 2 fully saturated rings. The average Bonchev–Trinajstić information content (AvgIpc) is 2.99. The van der Waals surface area contributed by atoms with Gasteiger partial charge in [-0.2, -0.15) is 0 Å². The normalized spacial score (nSPS) is 27.5. The molecule has 0 spiro atoms. The SMILES string of the molecule is CCNC(C1CCOCC1)C1CC1. The van der Waals surface area contributed by atoms with E-state index in [0.29, 0.717) is 0 Å². The minimum absolute atomic E-state index is 0.800. The third kappa shape index (κ3) is 2.44. The Morgan fingerprint density at radius 3 is 2.31 bits per heavy atom. The van der Waals surface area contributed by atoms with Crippen molar-refractivity contribution in [3.05, 3.63) is 0 Å². The molecule has 1 heterocycles. The molecule has 1 aliphatic carbocycles. The molecule has 0 bridgehead atoms. The fourth-order valence-corrected chi connectivity index (χ4v) is 2.48. The van der Waals surface area contributed by atoms with Gasteiger partial charge in [0.05, 0.1) is 0 Å². The molecule has 0 radical (unpaired) electrons. The topological polar surface area (TPSA) is 21.3 Å². The van der Waals surface area contributed by atoms with Crippen molar-refractivity contribution in [2.24, 2.45) is 11.8 Å². The zero-order valence-electron chi connectivity index (χ0n) is 8.59. The Balaban J connectivity index is 1.84. The van der Waals surface area contributed by atoms with Crippen LogP contribution < -0.4 is 5.32 Å². The lowest BCUT2D eigenvalue weighted by molar-refractivity contribution is 0.0509. The number of nitrogens with one attached hydrogen (secondary N) is 1. The summed E-state index contributed by atoms with van der Waals surface area (Å²) in [5, 5.41) is 3.66. The highest BCUT2D eigenvalue weighted by atomic mass is 16.5. The first-order valence-electron chi connectivity index (χ1n) is 5.73. The lowest BCUT2D eigenvalue weighted by atomic mass is 9.89. The molecule has 1 saturated carbocycles. The summed E-state index contributed by atoms with van der Waals surface area (Å²) >= 11 is 0. The highest BCUT2D eigenvalue weighted by molar-refractivity contribution is 4.91. The molecule has 1 aliphatic heterocycles. The molecular formula is C11H21NO. The molecule has 1 atom stereocenters. The number of rotatable bonds is 4. The van der Waals surface area contributed by atoms with Crippen LogP contribution in [0.1, 0.15) is 32.6 Å². The van der Waals surface area contributed by atoms with E-state index in [1.54, 1.807) is 0 Å². The zero-order chi connectivity index (χ0) is 9.10. The Hall–Kier alpha value is -0.0800. The zero-order valence-corrected chi connectivity index (χ0v) is 8.59. The predicted molar refractivity (Wildman–Crippen MR) is 53.7 cm³/mol. The van der Waals surface area contributed by atoms with Crippen LogP contribution in [-0.4, -0.2) is 25.8 Å². The molecule has 1 N–H and O–H groups in total. The summed E-state index contributed by atoms with van der Waals surface area (Å²) in [6.45, 7) is 5.31. The molecule has 2 nitrogen and oxygen atoms in total. The molecule has 0 aromatic rings. The van der Waals surface area contributed by atoms with Crippen molar-refractivity contribution in [2.75, 3.05) is 19.8 Å². The minimum atomic E-state index is 0.800. The summed E-state index contributed by atoms with van der Waals surface area (Å²) in [5.41, 5.74) is 0. The fourth-order valence-electron chi connectivity index (χ4n) is 2.48. The van der Waals surface area contributed by atoms with E-state index in [2.05, 4.69) is 12.2 Å². The molecule has 1 unspecified atom stereocenters. The van der Waals surface area contributed by atoms with Gasteiger partial charge in [0.2, 0.25) is 0 Å². The van der Waals surface area contributed by atoms with Gasteiger partial charge in [0.15, 0.2) is 0 Å². The van der Waals surface area contributed by atoms with Gasteiger partial charge < -0.3 is 10.1 Å². The molecule has 76 valence electrons. The van der Waals surface area contributed by atoms with Crippen LogP contribution in [0, 0.1) is 11.8 Å². The highest BCUT2D eigenvalue weighted by Crippen LogP contribution is 2.38. The Morgan fingerprint density at radius 1 is 1.15 bits per heavy atom. The van der Waals surface area contributed by atoms with Crippen molar-refractivity contribution in [3.63, 3.8) is 0 Å². The highest BCUT2D eigenvalue weighted by Gasteiger charge is 2.36. The van der Waals surface area contributed by atoms with E-state index < -0.39 is 0 Å². The Kier molecular flexibility index (Phi) is 3.23. The third-order valence-electron chi connectivity index (χ3n) is 3.34. The quantitative estimate of drug-likeness (QED) is 0.717. The average molecular weight is 183 g/mol. The van der Waals surface area contributed by atoms with Crippen molar-refractivity contribution >= 4 is 0 Å². The van der Waals surface area contributed by atoms with Crippen molar-refractivity contribution < 1.29 is 4.74 Å². The third-order valence-corrected chi connectivity index (χ3v) is 3.34. The van der Waals surface area contributed by atoms with Crippen molar-refractivity contribution in [1.29, 1.82) is 0 Å². The van der Waals surface area contributed by atoms with Gasteiger partial charge in [-0.3, -0.25) is 0 Å². The number of hydrogen-bond acceptors (Lipinski definition) is 2. The van der Waals surface area contributed by atoms with Gasteiger partial charge in [0.25, 0.3) is 0 Å². The molecule has 1 saturated heterocycles. The summed E-state index contributed by atoms with van der Waals surface area (Å²) in [5.74, 6) is 1.88. The van der Waals surface area contributed by atoms with Crippen molar-refractivity contribution in [2.45, 2.75) is 38.6 Å². The van der Waals surface area contributed by atoms with Crippen LogP contribution in [0.25, 0.3) is 0 Å². The Bertz CT molecular complexity index is 150. The van der Waals surface area contributed by atoms with E-state index in [1.165, 1.54) is 25.7 Å². The summed E-state index contributed by atoms with van der Waals surface area (Å²) < 4.78 is 5.40. The molecule has 2 heteroatoms. The van der Waals surface area contributed by atoms with E-state index >= 15 is 0 Å². The molecule has 0 aromatic carbocycles. The van der Waals surface area contributed by atoms with Gasteiger partial charge in [-0.1, -0.05) is 6.92 Å². The van der Waals surface area contributed by atoms with E-state index in [-0.39, 0.29) is 0 Å². The van der Waals surface area contributed by atoms with E-state index in [1.807, 2.05) is 0 Å². The molecule has 2 aliphatic rings.